The second-order valence-electron chi connectivity index (χ2n) is 5.10. The van der Waals surface area contributed by atoms with E-state index in [1.807, 2.05) is 6.07 Å². The van der Waals surface area contributed by atoms with Crippen molar-refractivity contribution in [3.05, 3.63) is 59.6 Å². The van der Waals surface area contributed by atoms with Gasteiger partial charge in [0, 0.05) is 11.4 Å². The molecule has 2 unspecified atom stereocenters. The number of halogens is 1. The number of rotatable bonds is 9. The number of hydrogen-bond donors (Lipinski definition) is 1. The van der Waals surface area contributed by atoms with Crippen LogP contribution < -0.4 is 4.74 Å². The van der Waals surface area contributed by atoms with Crippen LogP contribution in [0.25, 0.3) is 0 Å². The van der Waals surface area contributed by atoms with Crippen LogP contribution in [-0.2, 0) is 18.9 Å². The highest BCUT2D eigenvalue weighted by atomic mass is 35.5. The van der Waals surface area contributed by atoms with Crippen LogP contribution in [0, 0.1) is 0 Å². The Morgan fingerprint density at radius 3 is 2.32 bits per heavy atom. The Morgan fingerprint density at radius 1 is 1.08 bits per heavy atom. The Morgan fingerprint density at radius 2 is 1.72 bits per heavy atom. The van der Waals surface area contributed by atoms with Gasteiger partial charge in [-0.15, -0.1) is 0 Å². The van der Waals surface area contributed by atoms with Gasteiger partial charge in [0.05, 0.1) is 11.5 Å². The summed E-state index contributed by atoms with van der Waals surface area (Å²) in [6.07, 6.45) is 0.177. The fourth-order valence-corrected chi connectivity index (χ4v) is 3.63. The van der Waals surface area contributed by atoms with Gasteiger partial charge >= 0.3 is 8.03 Å². The molecule has 0 aliphatic heterocycles. The summed E-state index contributed by atoms with van der Waals surface area (Å²) in [5, 5.41) is 0.397. The molecule has 25 heavy (non-hydrogen) atoms. The van der Waals surface area contributed by atoms with Gasteiger partial charge in [-0.25, -0.2) is 0 Å². The standard InChI is InChI=1S/C16H16ClO6PS/c17-13-6-8-16(9-7-13)25(20,21)23-12-15(24(18)19)10-11-22-14-4-2-1-3-5-14/h1-9,15H,10-12H2/p+1. The summed E-state index contributed by atoms with van der Waals surface area (Å²) < 4.78 is 46.0. The highest BCUT2D eigenvalue weighted by Crippen LogP contribution is 2.27. The second-order valence-corrected chi connectivity index (χ2v) is 8.49. The Balaban J connectivity index is 1.90. The van der Waals surface area contributed by atoms with Crippen LogP contribution in [0.3, 0.4) is 0 Å². The topological polar surface area (TPSA) is 89.9 Å². The molecule has 2 rings (SSSR count). The van der Waals surface area contributed by atoms with E-state index in [0.717, 1.165) is 0 Å². The van der Waals surface area contributed by atoms with Gasteiger partial charge in [0.25, 0.3) is 10.1 Å². The molecule has 6 nitrogen and oxygen atoms in total. The highest BCUT2D eigenvalue weighted by Gasteiger charge is 2.32. The summed E-state index contributed by atoms with van der Waals surface area (Å²) in [6.45, 7) is -0.241. The van der Waals surface area contributed by atoms with Crippen molar-refractivity contribution in [1.29, 1.82) is 0 Å². The molecular formula is C16H17ClO6PS+. The lowest BCUT2D eigenvalue weighted by Gasteiger charge is -2.09. The molecule has 2 atom stereocenters. The molecule has 0 aliphatic carbocycles. The van der Waals surface area contributed by atoms with Gasteiger partial charge in [0.15, 0.2) is 0 Å². The molecule has 0 bridgehead atoms. The third-order valence-corrected chi connectivity index (χ3v) is 5.87. The van der Waals surface area contributed by atoms with E-state index in [-0.39, 0.29) is 17.9 Å². The average Bonchev–Trinajstić information content (AvgIpc) is 2.59. The van der Waals surface area contributed by atoms with Crippen molar-refractivity contribution >= 4 is 29.7 Å². The molecule has 0 fully saturated rings. The van der Waals surface area contributed by atoms with Crippen LogP contribution in [0.2, 0.25) is 5.02 Å². The van der Waals surface area contributed by atoms with Crippen LogP contribution >= 0.6 is 19.6 Å². The van der Waals surface area contributed by atoms with Gasteiger partial charge < -0.3 is 4.74 Å². The minimum atomic E-state index is -4.02. The van der Waals surface area contributed by atoms with Crippen LogP contribution in [0.1, 0.15) is 6.42 Å². The molecule has 0 amide bonds. The molecule has 2 aromatic carbocycles. The number of benzene rings is 2. The summed E-state index contributed by atoms with van der Waals surface area (Å²) in [6, 6.07) is 14.4. The zero-order valence-corrected chi connectivity index (χ0v) is 15.6. The van der Waals surface area contributed by atoms with Gasteiger partial charge in [-0.3, -0.25) is 4.18 Å². The van der Waals surface area contributed by atoms with Crippen molar-refractivity contribution in [2.45, 2.75) is 17.0 Å². The van der Waals surface area contributed by atoms with Crippen molar-refractivity contribution in [2.24, 2.45) is 0 Å². The van der Waals surface area contributed by atoms with E-state index in [9.17, 15) is 17.9 Å². The first kappa shape index (κ1) is 19.8. The molecular weight excluding hydrogens is 387 g/mol. The fourth-order valence-electron chi connectivity index (χ4n) is 1.92. The summed E-state index contributed by atoms with van der Waals surface area (Å²) in [5.41, 5.74) is -0.860. The lowest BCUT2D eigenvalue weighted by molar-refractivity contribution is 0.266. The molecule has 0 saturated heterocycles. The highest BCUT2D eigenvalue weighted by molar-refractivity contribution is 7.86. The third kappa shape index (κ3) is 6.38. The Bertz CT molecular complexity index is 795. The van der Waals surface area contributed by atoms with Gasteiger partial charge in [-0.1, -0.05) is 29.8 Å². The Labute approximate surface area is 152 Å². The molecule has 2 aromatic rings. The van der Waals surface area contributed by atoms with Crippen molar-refractivity contribution in [2.75, 3.05) is 13.2 Å². The normalized spacial score (nSPS) is 13.3. The van der Waals surface area contributed by atoms with E-state index >= 15 is 0 Å². The zero-order chi connectivity index (χ0) is 18.3. The van der Waals surface area contributed by atoms with Crippen molar-refractivity contribution in [3.8, 4) is 5.75 Å². The van der Waals surface area contributed by atoms with E-state index < -0.39 is 30.4 Å². The summed E-state index contributed by atoms with van der Waals surface area (Å²) in [7, 11) is -6.63. The maximum Gasteiger partial charge on any atom is 0.511 e. The van der Waals surface area contributed by atoms with Crippen molar-refractivity contribution in [3.63, 3.8) is 0 Å². The quantitative estimate of drug-likeness (QED) is 0.508. The first-order valence-corrected chi connectivity index (χ1v) is 10.4. The van der Waals surface area contributed by atoms with Gasteiger partial charge in [0.1, 0.15) is 12.4 Å². The minimum Gasteiger partial charge on any atom is -0.493 e. The number of para-hydroxylation sites is 1. The third-order valence-electron chi connectivity index (χ3n) is 3.29. The molecule has 0 spiro atoms. The first-order chi connectivity index (χ1) is 11.9. The maximum atomic E-state index is 12.1. The molecule has 0 aromatic heterocycles. The zero-order valence-electron chi connectivity index (χ0n) is 13.1. The van der Waals surface area contributed by atoms with E-state index in [4.69, 9.17) is 20.5 Å². The smallest absolute Gasteiger partial charge is 0.493 e. The summed E-state index contributed by atoms with van der Waals surface area (Å²) in [4.78, 5) is 9.31. The Kier molecular flexibility index (Phi) is 7.35. The predicted molar refractivity (Wildman–Crippen MR) is 94.8 cm³/mol. The van der Waals surface area contributed by atoms with E-state index in [0.29, 0.717) is 10.8 Å². The summed E-state index contributed by atoms with van der Waals surface area (Å²) in [5.74, 6) is 0.629. The van der Waals surface area contributed by atoms with Crippen molar-refractivity contribution < 1.29 is 26.8 Å². The van der Waals surface area contributed by atoms with Gasteiger partial charge in [-0.05, 0) is 41.0 Å². The lowest BCUT2D eigenvalue weighted by Crippen LogP contribution is -2.19. The molecule has 0 radical (unpaired) electrons. The largest absolute Gasteiger partial charge is 0.511 e. The minimum absolute atomic E-state index is 0.0654. The maximum absolute atomic E-state index is 12.1. The Hall–Kier alpha value is -1.50. The molecule has 9 heteroatoms. The summed E-state index contributed by atoms with van der Waals surface area (Å²) >= 11 is 5.72. The second kappa shape index (κ2) is 9.27. The van der Waals surface area contributed by atoms with E-state index in [1.54, 1.807) is 24.3 Å². The molecule has 0 saturated carbocycles. The average molecular weight is 404 g/mol. The monoisotopic (exact) mass is 403 g/mol. The van der Waals surface area contributed by atoms with Crippen LogP contribution in [0.4, 0.5) is 0 Å². The predicted octanol–water partition coefficient (Wildman–Crippen LogP) is 3.62. The van der Waals surface area contributed by atoms with E-state index in [1.165, 1.54) is 24.3 Å². The lowest BCUT2D eigenvalue weighted by atomic mass is 10.3. The van der Waals surface area contributed by atoms with Gasteiger partial charge in [0.2, 0.25) is 5.66 Å². The molecule has 0 aliphatic rings. The fraction of sp³-hybridized carbons (Fsp3) is 0.250. The number of hydrogen-bond acceptors (Lipinski definition) is 5. The van der Waals surface area contributed by atoms with E-state index in [2.05, 4.69) is 0 Å². The molecule has 0 heterocycles. The molecule has 134 valence electrons. The van der Waals surface area contributed by atoms with Crippen LogP contribution in [0.5, 0.6) is 5.75 Å². The number of ether oxygens (including phenoxy) is 1. The first-order valence-electron chi connectivity index (χ1n) is 7.36. The van der Waals surface area contributed by atoms with Gasteiger partial charge in [-0.2, -0.15) is 13.3 Å². The van der Waals surface area contributed by atoms with Crippen LogP contribution in [0.15, 0.2) is 59.5 Å². The SMILES string of the molecule is O=[P+](O)C(CCOc1ccccc1)COS(=O)(=O)c1ccc(Cl)cc1. The van der Waals surface area contributed by atoms with Crippen molar-refractivity contribution in [1.82, 2.24) is 0 Å². The molecule has 1 N–H and O–H groups in total. The van der Waals surface area contributed by atoms with Crippen LogP contribution in [-0.4, -0.2) is 32.2 Å².